The fourth-order valence-electron chi connectivity index (χ4n) is 1.82. The Morgan fingerprint density at radius 1 is 1.45 bits per heavy atom. The summed E-state index contributed by atoms with van der Waals surface area (Å²) in [6.07, 6.45) is 1.41. The zero-order valence-corrected chi connectivity index (χ0v) is 11.5. The summed E-state index contributed by atoms with van der Waals surface area (Å²) >= 11 is 0. The Balaban J connectivity index is 2.05. The lowest BCUT2D eigenvalue weighted by Crippen LogP contribution is -2.38. The summed E-state index contributed by atoms with van der Waals surface area (Å²) in [7, 11) is 0. The van der Waals surface area contributed by atoms with Crippen LogP contribution in [0.1, 0.15) is 32.6 Å². The van der Waals surface area contributed by atoms with Crippen molar-refractivity contribution in [2.75, 3.05) is 6.54 Å². The van der Waals surface area contributed by atoms with Gasteiger partial charge in [0.05, 0.1) is 6.26 Å². The molecule has 1 aromatic heterocycles. The highest BCUT2D eigenvalue weighted by molar-refractivity contribution is 6.06. The van der Waals surface area contributed by atoms with Crippen molar-refractivity contribution in [2.24, 2.45) is 0 Å². The molecule has 0 aliphatic carbocycles. The van der Waals surface area contributed by atoms with E-state index < -0.39 is 36.1 Å². The highest BCUT2D eigenvalue weighted by Gasteiger charge is 2.41. The standard InChI is InChI=1S/C13H16N2O5/c1-13(2,3)20-9(16)7-15-11(17)10(14-12(15)18)8-5-4-6-19-8/h4-6,10H,7H2,1-3H3,(H,14,18)/t10-/m0/s1. The van der Waals surface area contributed by atoms with Gasteiger partial charge in [-0.25, -0.2) is 4.79 Å². The highest BCUT2D eigenvalue weighted by atomic mass is 16.6. The summed E-state index contributed by atoms with van der Waals surface area (Å²) in [5, 5.41) is 2.46. The number of carbonyl (C=O) groups excluding carboxylic acids is 3. The molecule has 20 heavy (non-hydrogen) atoms. The second kappa shape index (κ2) is 4.99. The van der Waals surface area contributed by atoms with Crippen LogP contribution in [0.5, 0.6) is 0 Å². The maximum absolute atomic E-state index is 12.1. The molecule has 0 radical (unpaired) electrons. The highest BCUT2D eigenvalue weighted by Crippen LogP contribution is 2.22. The summed E-state index contributed by atoms with van der Waals surface area (Å²) < 4.78 is 10.2. The van der Waals surface area contributed by atoms with Crippen LogP contribution in [0, 0.1) is 0 Å². The van der Waals surface area contributed by atoms with Crippen molar-refractivity contribution in [2.45, 2.75) is 32.4 Å². The minimum Gasteiger partial charge on any atom is -0.467 e. The molecular weight excluding hydrogens is 264 g/mol. The van der Waals surface area contributed by atoms with Crippen LogP contribution in [0.3, 0.4) is 0 Å². The van der Waals surface area contributed by atoms with E-state index in [-0.39, 0.29) is 0 Å². The minimum absolute atomic E-state index is 0.329. The molecule has 1 aromatic rings. The molecule has 108 valence electrons. The third kappa shape index (κ3) is 2.98. The molecule has 7 heteroatoms. The number of furan rings is 1. The molecule has 1 aliphatic rings. The van der Waals surface area contributed by atoms with Gasteiger partial charge in [0.25, 0.3) is 5.91 Å². The van der Waals surface area contributed by atoms with E-state index in [4.69, 9.17) is 9.15 Å². The third-order valence-electron chi connectivity index (χ3n) is 2.56. The molecule has 1 saturated heterocycles. The molecule has 0 spiro atoms. The first kappa shape index (κ1) is 14.1. The van der Waals surface area contributed by atoms with Gasteiger partial charge < -0.3 is 14.5 Å². The molecular formula is C13H16N2O5. The second-order valence-electron chi connectivity index (χ2n) is 5.41. The third-order valence-corrected chi connectivity index (χ3v) is 2.56. The number of rotatable bonds is 3. The summed E-state index contributed by atoms with van der Waals surface area (Å²) in [4.78, 5) is 36.3. The van der Waals surface area contributed by atoms with E-state index in [1.807, 2.05) is 0 Å². The van der Waals surface area contributed by atoms with Crippen molar-refractivity contribution >= 4 is 17.9 Å². The topological polar surface area (TPSA) is 88.8 Å². The lowest BCUT2D eigenvalue weighted by molar-refractivity contribution is -0.157. The van der Waals surface area contributed by atoms with Crippen molar-refractivity contribution in [3.63, 3.8) is 0 Å². The average molecular weight is 280 g/mol. The van der Waals surface area contributed by atoms with Crippen LogP contribution in [0.15, 0.2) is 22.8 Å². The van der Waals surface area contributed by atoms with Gasteiger partial charge in [0.15, 0.2) is 6.04 Å². The predicted octanol–water partition coefficient (Wildman–Crippen LogP) is 1.21. The van der Waals surface area contributed by atoms with E-state index in [1.54, 1.807) is 32.9 Å². The lowest BCUT2D eigenvalue weighted by Gasteiger charge is -2.21. The van der Waals surface area contributed by atoms with Crippen molar-refractivity contribution in [3.05, 3.63) is 24.2 Å². The average Bonchev–Trinajstić information content (AvgIpc) is 2.90. The molecule has 7 nitrogen and oxygen atoms in total. The first-order valence-electron chi connectivity index (χ1n) is 6.15. The number of ether oxygens (including phenoxy) is 1. The lowest BCUT2D eigenvalue weighted by atomic mass is 10.2. The van der Waals surface area contributed by atoms with Crippen molar-refractivity contribution in [1.29, 1.82) is 0 Å². The number of urea groups is 1. The van der Waals surface area contributed by atoms with E-state index in [9.17, 15) is 14.4 Å². The largest absolute Gasteiger partial charge is 0.467 e. The number of hydrogen-bond donors (Lipinski definition) is 1. The minimum atomic E-state index is -0.889. The number of nitrogens with one attached hydrogen (secondary N) is 1. The Labute approximate surface area is 115 Å². The van der Waals surface area contributed by atoms with E-state index in [2.05, 4.69) is 5.32 Å². The van der Waals surface area contributed by atoms with Crippen LogP contribution in [0.2, 0.25) is 0 Å². The first-order valence-corrected chi connectivity index (χ1v) is 6.15. The van der Waals surface area contributed by atoms with Gasteiger partial charge in [0.1, 0.15) is 17.9 Å². The number of carbonyl (C=O) groups is 3. The van der Waals surface area contributed by atoms with Gasteiger partial charge in [0.2, 0.25) is 0 Å². The fraction of sp³-hybridized carbons (Fsp3) is 0.462. The van der Waals surface area contributed by atoms with E-state index in [1.165, 1.54) is 6.26 Å². The van der Waals surface area contributed by atoms with Crippen molar-refractivity contribution in [3.8, 4) is 0 Å². The molecule has 0 unspecified atom stereocenters. The number of nitrogens with zero attached hydrogens (tertiary/aromatic N) is 1. The normalized spacial score (nSPS) is 19.1. The smallest absolute Gasteiger partial charge is 0.326 e. The van der Waals surface area contributed by atoms with Gasteiger partial charge in [-0.15, -0.1) is 0 Å². The molecule has 2 heterocycles. The molecule has 1 fully saturated rings. The zero-order chi connectivity index (χ0) is 14.9. The van der Waals surface area contributed by atoms with Crippen LogP contribution in [0.25, 0.3) is 0 Å². The van der Waals surface area contributed by atoms with Crippen molar-refractivity contribution < 1.29 is 23.5 Å². The SMILES string of the molecule is CC(C)(C)OC(=O)CN1C(=O)N[C@@H](c2ccco2)C1=O. The number of imide groups is 1. The van der Waals surface area contributed by atoms with Crippen LogP contribution >= 0.6 is 0 Å². The van der Waals surface area contributed by atoms with E-state index in [0.29, 0.717) is 5.76 Å². The maximum atomic E-state index is 12.1. The Morgan fingerprint density at radius 2 is 2.15 bits per heavy atom. The van der Waals surface area contributed by atoms with Crippen LogP contribution in [-0.2, 0) is 14.3 Å². The van der Waals surface area contributed by atoms with E-state index >= 15 is 0 Å². The Kier molecular flexibility index (Phi) is 3.52. The summed E-state index contributed by atoms with van der Waals surface area (Å²) in [5.41, 5.74) is -0.670. The molecule has 0 aromatic carbocycles. The molecule has 1 aliphatic heterocycles. The number of esters is 1. The van der Waals surface area contributed by atoms with Gasteiger partial charge in [0, 0.05) is 0 Å². The van der Waals surface area contributed by atoms with Gasteiger partial charge >= 0.3 is 12.0 Å². The Bertz CT molecular complexity index is 529. The molecule has 1 N–H and O–H groups in total. The molecule has 0 bridgehead atoms. The van der Waals surface area contributed by atoms with Gasteiger partial charge in [-0.2, -0.15) is 0 Å². The van der Waals surface area contributed by atoms with Gasteiger partial charge in [-0.05, 0) is 32.9 Å². The van der Waals surface area contributed by atoms with Crippen LogP contribution < -0.4 is 5.32 Å². The maximum Gasteiger partial charge on any atom is 0.326 e. The monoisotopic (exact) mass is 280 g/mol. The summed E-state index contributed by atoms with van der Waals surface area (Å²) in [6, 6.07) is 1.67. The fourth-order valence-corrected chi connectivity index (χ4v) is 1.82. The van der Waals surface area contributed by atoms with Crippen LogP contribution in [-0.4, -0.2) is 35.0 Å². The molecule has 0 saturated carbocycles. The molecule has 3 amide bonds. The molecule has 1 atom stereocenters. The van der Waals surface area contributed by atoms with Crippen LogP contribution in [0.4, 0.5) is 4.79 Å². The Morgan fingerprint density at radius 3 is 2.70 bits per heavy atom. The second-order valence-corrected chi connectivity index (χ2v) is 5.41. The summed E-state index contributed by atoms with van der Waals surface area (Å²) in [6.45, 7) is 4.71. The first-order chi connectivity index (χ1) is 9.28. The molecule has 2 rings (SSSR count). The van der Waals surface area contributed by atoms with Gasteiger partial charge in [-0.3, -0.25) is 14.5 Å². The van der Waals surface area contributed by atoms with Crippen molar-refractivity contribution in [1.82, 2.24) is 10.2 Å². The van der Waals surface area contributed by atoms with Gasteiger partial charge in [-0.1, -0.05) is 0 Å². The zero-order valence-electron chi connectivity index (χ0n) is 11.5. The van der Waals surface area contributed by atoms with E-state index in [0.717, 1.165) is 4.90 Å². The number of amides is 3. The predicted molar refractivity (Wildman–Crippen MR) is 67.5 cm³/mol. The summed E-state index contributed by atoms with van der Waals surface area (Å²) in [5.74, 6) is -0.841. The Hall–Kier alpha value is -2.31. The quantitative estimate of drug-likeness (QED) is 0.664. The number of hydrogen-bond acceptors (Lipinski definition) is 5.